The molecule has 38 heavy (non-hydrogen) atoms. The number of benzene rings is 1. The van der Waals surface area contributed by atoms with Gasteiger partial charge >= 0.3 is 6.09 Å². The zero-order valence-corrected chi connectivity index (χ0v) is 20.4. The van der Waals surface area contributed by atoms with Gasteiger partial charge in [-0.15, -0.1) is 0 Å². The third-order valence-corrected chi connectivity index (χ3v) is 5.27. The minimum absolute atomic E-state index is 0.0106. The second-order valence-electron chi connectivity index (χ2n) is 8.08. The van der Waals surface area contributed by atoms with Crippen LogP contribution in [-0.4, -0.2) is 33.1 Å². The van der Waals surface area contributed by atoms with Crippen LogP contribution in [0.5, 0.6) is 5.88 Å². The van der Waals surface area contributed by atoms with E-state index in [0.29, 0.717) is 28.2 Å². The van der Waals surface area contributed by atoms with Crippen molar-refractivity contribution in [3.63, 3.8) is 0 Å². The van der Waals surface area contributed by atoms with Crippen molar-refractivity contribution in [2.45, 2.75) is 26.6 Å². The molecule has 3 aromatic heterocycles. The highest BCUT2D eigenvalue weighted by atomic mass is 19.3. The maximum Gasteiger partial charge on any atom is 0.407 e. The Bertz CT molecular complexity index is 1450. The lowest BCUT2D eigenvalue weighted by atomic mass is 9.99. The van der Waals surface area contributed by atoms with Gasteiger partial charge in [-0.05, 0) is 61.0 Å². The third kappa shape index (κ3) is 6.33. The summed E-state index contributed by atoms with van der Waals surface area (Å²) in [6.07, 6.45) is -3.41. The number of nitrogens with two attached hydrogens (primary N) is 1. The van der Waals surface area contributed by atoms with Crippen molar-refractivity contribution in [2.24, 2.45) is 0 Å². The Morgan fingerprint density at radius 3 is 2.37 bits per heavy atom. The van der Waals surface area contributed by atoms with Gasteiger partial charge in [-0.25, -0.2) is 22.9 Å². The molecule has 0 radical (unpaired) electrons. The first-order chi connectivity index (χ1) is 18.2. The summed E-state index contributed by atoms with van der Waals surface area (Å²) < 4.78 is 51.8. The average molecular weight is 525 g/mol. The Hall–Kier alpha value is -4.74. The molecule has 0 saturated carbocycles. The molecule has 0 fully saturated rings. The number of amides is 1. The highest BCUT2D eigenvalue weighted by molar-refractivity contribution is 5.85. The fraction of sp³-hybridized carbons (Fsp3) is 0.192. The second kappa shape index (κ2) is 11.5. The zero-order chi connectivity index (χ0) is 27.2. The number of alkyl halides is 2. The van der Waals surface area contributed by atoms with Gasteiger partial charge < -0.3 is 20.5 Å². The lowest BCUT2D eigenvalue weighted by Gasteiger charge is -2.16. The van der Waals surface area contributed by atoms with E-state index < -0.39 is 24.0 Å². The molecule has 0 atom stereocenters. The standard InChI is InChI=1S/C26H23F3N6O3/c1-14-10-16(11-20(32-14)23(28)29)21-22(15-6-8-17(27)9-7-15)34-25(30)35-24(21)37-12-18-4-3-5-19(33-18)13-38-26(36)31-2/h3-11,23H,12-13H2,1-2H3,(H,31,36)(H2,30,34,35). The van der Waals surface area contributed by atoms with E-state index >= 15 is 0 Å². The number of nitrogens with zero attached hydrogens (tertiary/aromatic N) is 4. The summed E-state index contributed by atoms with van der Waals surface area (Å²) in [5.41, 5.74) is 8.18. The van der Waals surface area contributed by atoms with E-state index in [1.165, 1.54) is 37.4 Å². The molecule has 1 amide bonds. The van der Waals surface area contributed by atoms with Crippen LogP contribution < -0.4 is 15.8 Å². The van der Waals surface area contributed by atoms with Gasteiger partial charge in [-0.2, -0.15) is 4.98 Å². The number of halogens is 3. The molecule has 196 valence electrons. The molecule has 0 aliphatic heterocycles. The summed E-state index contributed by atoms with van der Waals surface area (Å²) in [5.74, 6) is -0.583. The Balaban J connectivity index is 1.76. The van der Waals surface area contributed by atoms with Crippen molar-refractivity contribution in [2.75, 3.05) is 12.8 Å². The van der Waals surface area contributed by atoms with Crippen LogP contribution in [0.4, 0.5) is 23.9 Å². The molecule has 1 aromatic carbocycles. The number of aryl methyl sites for hydroxylation is 1. The predicted molar refractivity (Wildman–Crippen MR) is 133 cm³/mol. The Morgan fingerprint density at radius 2 is 1.68 bits per heavy atom. The molecule has 4 rings (SSSR count). The Kier molecular flexibility index (Phi) is 8.00. The topological polar surface area (TPSA) is 125 Å². The molecule has 0 unspecified atom stereocenters. The summed E-state index contributed by atoms with van der Waals surface area (Å²) in [6.45, 7) is 1.45. The van der Waals surface area contributed by atoms with Crippen LogP contribution in [0.15, 0.2) is 54.6 Å². The van der Waals surface area contributed by atoms with E-state index in [1.54, 1.807) is 31.2 Å². The van der Waals surface area contributed by atoms with Crippen molar-refractivity contribution in [3.8, 4) is 28.3 Å². The average Bonchev–Trinajstić information content (AvgIpc) is 2.90. The van der Waals surface area contributed by atoms with Crippen LogP contribution in [0.3, 0.4) is 0 Å². The fourth-order valence-corrected chi connectivity index (χ4v) is 3.63. The molecule has 9 nitrogen and oxygen atoms in total. The molecule has 4 aromatic rings. The lowest BCUT2D eigenvalue weighted by molar-refractivity contribution is 0.140. The molecule has 0 spiro atoms. The van der Waals surface area contributed by atoms with Gasteiger partial charge in [0.05, 0.1) is 22.6 Å². The van der Waals surface area contributed by atoms with Crippen molar-refractivity contribution in [3.05, 3.63) is 83.2 Å². The van der Waals surface area contributed by atoms with Crippen molar-refractivity contribution in [1.82, 2.24) is 25.3 Å². The van der Waals surface area contributed by atoms with E-state index in [9.17, 15) is 18.0 Å². The monoisotopic (exact) mass is 524 g/mol. The number of rotatable bonds is 8. The summed E-state index contributed by atoms with van der Waals surface area (Å²) in [5, 5.41) is 2.35. The van der Waals surface area contributed by atoms with E-state index in [4.69, 9.17) is 15.2 Å². The predicted octanol–water partition coefficient (Wildman–Crippen LogP) is 5.00. The van der Waals surface area contributed by atoms with Crippen LogP contribution in [-0.2, 0) is 18.0 Å². The van der Waals surface area contributed by atoms with Gasteiger partial charge in [-0.1, -0.05) is 6.07 Å². The summed E-state index contributed by atoms with van der Waals surface area (Å²) in [6, 6.07) is 13.4. The van der Waals surface area contributed by atoms with E-state index in [-0.39, 0.29) is 36.3 Å². The van der Waals surface area contributed by atoms with Gasteiger partial charge in [0, 0.05) is 18.3 Å². The quantitative estimate of drug-likeness (QED) is 0.330. The molecule has 0 aliphatic carbocycles. The number of nitrogen functional groups attached to an aromatic ring is 1. The van der Waals surface area contributed by atoms with Crippen molar-refractivity contribution < 1.29 is 27.4 Å². The smallest absolute Gasteiger partial charge is 0.407 e. The van der Waals surface area contributed by atoms with Crippen LogP contribution in [0.25, 0.3) is 22.4 Å². The Morgan fingerprint density at radius 1 is 0.974 bits per heavy atom. The van der Waals surface area contributed by atoms with Gasteiger partial charge in [0.25, 0.3) is 6.43 Å². The number of carbonyl (C=O) groups excluding carboxylic acids is 1. The number of anilines is 1. The number of hydrogen-bond donors (Lipinski definition) is 2. The normalized spacial score (nSPS) is 10.9. The van der Waals surface area contributed by atoms with Crippen molar-refractivity contribution >= 4 is 12.0 Å². The minimum Gasteiger partial charge on any atom is -0.471 e. The van der Waals surface area contributed by atoms with Crippen LogP contribution in [0, 0.1) is 12.7 Å². The van der Waals surface area contributed by atoms with E-state index in [2.05, 4.69) is 25.3 Å². The molecule has 12 heteroatoms. The molecule has 3 heterocycles. The maximum atomic E-state index is 13.6. The van der Waals surface area contributed by atoms with Gasteiger partial charge in [0.1, 0.15) is 24.7 Å². The van der Waals surface area contributed by atoms with Gasteiger partial charge in [0.15, 0.2) is 0 Å². The number of carbonyl (C=O) groups is 1. The highest BCUT2D eigenvalue weighted by Gasteiger charge is 2.22. The fourth-order valence-electron chi connectivity index (χ4n) is 3.63. The van der Waals surface area contributed by atoms with Gasteiger partial charge in [0.2, 0.25) is 11.8 Å². The first-order valence-corrected chi connectivity index (χ1v) is 11.4. The number of hydrogen-bond acceptors (Lipinski definition) is 8. The van der Waals surface area contributed by atoms with E-state index in [1.807, 2.05) is 0 Å². The SMILES string of the molecule is CNC(=O)OCc1cccc(COc2nc(N)nc(-c3ccc(F)cc3)c2-c2cc(C)nc(C(F)F)c2)n1. The maximum absolute atomic E-state index is 13.6. The number of nitrogens with one attached hydrogen (secondary N) is 1. The van der Waals surface area contributed by atoms with Crippen LogP contribution in [0.1, 0.15) is 29.2 Å². The van der Waals surface area contributed by atoms with Crippen LogP contribution >= 0.6 is 0 Å². The largest absolute Gasteiger partial charge is 0.471 e. The lowest BCUT2D eigenvalue weighted by Crippen LogP contribution is -2.19. The molecular weight excluding hydrogens is 501 g/mol. The molecular formula is C26H23F3N6O3. The highest BCUT2D eigenvalue weighted by Crippen LogP contribution is 2.39. The number of aromatic nitrogens is 4. The third-order valence-electron chi connectivity index (χ3n) is 5.27. The summed E-state index contributed by atoms with van der Waals surface area (Å²) in [7, 11) is 1.44. The number of pyridine rings is 2. The number of ether oxygens (including phenoxy) is 2. The first-order valence-electron chi connectivity index (χ1n) is 11.4. The van der Waals surface area contributed by atoms with E-state index in [0.717, 1.165) is 0 Å². The second-order valence-corrected chi connectivity index (χ2v) is 8.08. The molecule has 0 bridgehead atoms. The minimum atomic E-state index is -2.81. The summed E-state index contributed by atoms with van der Waals surface area (Å²) >= 11 is 0. The first kappa shape index (κ1) is 26.3. The summed E-state index contributed by atoms with van der Waals surface area (Å²) in [4.78, 5) is 28.2. The van der Waals surface area contributed by atoms with Crippen molar-refractivity contribution in [1.29, 1.82) is 0 Å². The Labute approximate surface area is 215 Å². The van der Waals surface area contributed by atoms with Crippen LogP contribution in [0.2, 0.25) is 0 Å². The zero-order valence-electron chi connectivity index (χ0n) is 20.4. The molecule has 0 saturated heterocycles. The molecule has 0 aliphatic rings. The molecule has 3 N–H and O–H groups in total. The van der Waals surface area contributed by atoms with Gasteiger partial charge in [-0.3, -0.25) is 9.97 Å². The number of alkyl carbamates (subject to hydrolysis) is 1.